The van der Waals surface area contributed by atoms with Crippen LogP contribution in [0.5, 0.6) is 0 Å². The summed E-state index contributed by atoms with van der Waals surface area (Å²) in [5.74, 6) is -0.805. The van der Waals surface area contributed by atoms with Crippen molar-refractivity contribution in [1.29, 1.82) is 0 Å². The number of nitro groups is 1. The average Bonchev–Trinajstić information content (AvgIpc) is 3.65. The second-order valence-corrected chi connectivity index (χ2v) is 9.56. The number of carbonyl (C=O) groups excluding carboxylic acids is 2. The second kappa shape index (κ2) is 8.99. The Balaban J connectivity index is 1.37. The highest BCUT2D eigenvalue weighted by atomic mass is 32.1. The fourth-order valence-corrected chi connectivity index (χ4v) is 5.22. The standard InChI is InChI=1S/C27H19N5O4S/c33-25(30-27-29-10-11-37-27)24(19-2-1-3-21(13-19)32(35)36)31-15-20-5-4-17(14-22(20)26(31)34)16-6-7-23-18(12-16)8-9-28-23/h1-14,24,28H,15H2,(H,29,30,33)/t24-/m1/s1. The first-order valence-electron chi connectivity index (χ1n) is 11.4. The van der Waals surface area contributed by atoms with Crippen LogP contribution in [-0.2, 0) is 11.3 Å². The molecule has 0 aliphatic carbocycles. The van der Waals surface area contributed by atoms with Crippen LogP contribution in [-0.4, -0.2) is 31.6 Å². The van der Waals surface area contributed by atoms with Crippen molar-refractivity contribution < 1.29 is 14.5 Å². The third-order valence-corrected chi connectivity index (χ3v) is 7.14. The quantitative estimate of drug-likeness (QED) is 0.230. The van der Waals surface area contributed by atoms with Crippen LogP contribution in [0.3, 0.4) is 0 Å². The molecule has 2 amide bonds. The molecule has 9 nitrogen and oxygen atoms in total. The van der Waals surface area contributed by atoms with Crippen LogP contribution in [0.15, 0.2) is 84.5 Å². The Morgan fingerprint density at radius 1 is 1.11 bits per heavy atom. The summed E-state index contributed by atoms with van der Waals surface area (Å²) in [6.45, 7) is 0.198. The van der Waals surface area contributed by atoms with Gasteiger partial charge in [0.1, 0.15) is 6.04 Å². The number of H-pyrrole nitrogens is 1. The lowest BCUT2D eigenvalue weighted by molar-refractivity contribution is -0.384. The van der Waals surface area contributed by atoms with Crippen molar-refractivity contribution in [3.8, 4) is 11.1 Å². The minimum absolute atomic E-state index is 0.156. The van der Waals surface area contributed by atoms with E-state index in [-0.39, 0.29) is 18.1 Å². The largest absolute Gasteiger partial charge is 0.361 e. The Kier molecular flexibility index (Phi) is 5.50. The molecule has 3 heterocycles. The van der Waals surface area contributed by atoms with Crippen LogP contribution in [0.25, 0.3) is 22.0 Å². The number of thiazole rings is 1. The number of carbonyl (C=O) groups is 2. The Labute approximate surface area is 214 Å². The first-order chi connectivity index (χ1) is 18.0. The lowest BCUT2D eigenvalue weighted by Gasteiger charge is -2.26. The molecule has 3 aromatic carbocycles. The average molecular weight is 510 g/mol. The lowest BCUT2D eigenvalue weighted by Crippen LogP contribution is -2.37. The van der Waals surface area contributed by atoms with E-state index in [0.717, 1.165) is 27.6 Å². The van der Waals surface area contributed by atoms with Gasteiger partial charge in [0.15, 0.2) is 5.13 Å². The molecule has 5 aromatic rings. The number of anilines is 1. The van der Waals surface area contributed by atoms with Crippen molar-refractivity contribution in [3.05, 3.63) is 111 Å². The predicted octanol–water partition coefficient (Wildman–Crippen LogP) is 5.54. The van der Waals surface area contributed by atoms with E-state index in [1.54, 1.807) is 17.6 Å². The smallest absolute Gasteiger partial charge is 0.269 e. The Morgan fingerprint density at radius 3 is 2.76 bits per heavy atom. The van der Waals surface area contributed by atoms with Gasteiger partial charge in [-0.15, -0.1) is 11.3 Å². The third-order valence-electron chi connectivity index (χ3n) is 6.45. The first kappa shape index (κ1) is 22.6. The summed E-state index contributed by atoms with van der Waals surface area (Å²) >= 11 is 1.25. The fraction of sp³-hybridized carbons (Fsp3) is 0.0741. The molecule has 2 N–H and O–H groups in total. The van der Waals surface area contributed by atoms with Crippen molar-refractivity contribution in [2.24, 2.45) is 0 Å². The normalized spacial score (nSPS) is 13.5. The van der Waals surface area contributed by atoms with E-state index >= 15 is 0 Å². The van der Waals surface area contributed by atoms with Gasteiger partial charge in [-0.3, -0.25) is 25.0 Å². The molecular formula is C27H19N5O4S. The second-order valence-electron chi connectivity index (χ2n) is 8.67. The van der Waals surface area contributed by atoms with Crippen molar-refractivity contribution >= 4 is 44.9 Å². The van der Waals surface area contributed by atoms with Crippen LogP contribution in [0.2, 0.25) is 0 Å². The summed E-state index contributed by atoms with van der Waals surface area (Å²) in [4.78, 5) is 46.8. The van der Waals surface area contributed by atoms with E-state index < -0.39 is 16.9 Å². The molecule has 0 saturated carbocycles. The Hall–Kier alpha value is -4.83. The maximum atomic E-state index is 13.7. The Bertz CT molecular complexity index is 1680. The summed E-state index contributed by atoms with van der Waals surface area (Å²) in [5.41, 5.74) is 4.36. The zero-order valence-electron chi connectivity index (χ0n) is 19.3. The molecule has 0 radical (unpaired) electrons. The third kappa shape index (κ3) is 4.13. The van der Waals surface area contributed by atoms with Crippen molar-refractivity contribution in [3.63, 3.8) is 0 Å². The molecule has 1 atom stereocenters. The minimum Gasteiger partial charge on any atom is -0.361 e. The van der Waals surface area contributed by atoms with Crippen molar-refractivity contribution in [1.82, 2.24) is 14.9 Å². The van der Waals surface area contributed by atoms with Gasteiger partial charge in [-0.2, -0.15) is 0 Å². The summed E-state index contributed by atoms with van der Waals surface area (Å²) in [7, 11) is 0. The van der Waals surface area contributed by atoms with Crippen molar-refractivity contribution in [2.45, 2.75) is 12.6 Å². The van der Waals surface area contributed by atoms with Crippen molar-refractivity contribution in [2.75, 3.05) is 5.32 Å². The first-order valence-corrected chi connectivity index (χ1v) is 12.3. The molecule has 0 saturated heterocycles. The van der Waals surface area contributed by atoms with E-state index in [1.807, 2.05) is 42.6 Å². The number of rotatable bonds is 6. The number of amides is 2. The van der Waals surface area contributed by atoms with Gasteiger partial charge in [-0.05, 0) is 51.9 Å². The zero-order chi connectivity index (χ0) is 25.5. The van der Waals surface area contributed by atoms with Gasteiger partial charge in [0.25, 0.3) is 17.5 Å². The highest BCUT2D eigenvalue weighted by molar-refractivity contribution is 7.13. The molecule has 182 valence electrons. The van der Waals surface area contributed by atoms with E-state index in [2.05, 4.69) is 21.4 Å². The van der Waals surface area contributed by atoms with Gasteiger partial charge < -0.3 is 9.88 Å². The molecule has 1 aliphatic heterocycles. The maximum Gasteiger partial charge on any atom is 0.269 e. The van der Waals surface area contributed by atoms with Gasteiger partial charge in [0.05, 0.1) is 4.92 Å². The topological polar surface area (TPSA) is 121 Å². The summed E-state index contributed by atoms with van der Waals surface area (Å²) in [6, 6.07) is 18.5. The van der Waals surface area contributed by atoms with Crippen LogP contribution in [0, 0.1) is 10.1 Å². The SMILES string of the molecule is O=C(Nc1nccs1)[C@@H](c1cccc([N+](=O)[O-])c1)N1Cc2ccc(-c3ccc4[nH]ccc4c3)cc2C1=O. The van der Waals surface area contributed by atoms with Crippen LogP contribution < -0.4 is 5.32 Å². The highest BCUT2D eigenvalue weighted by Gasteiger charge is 2.38. The van der Waals surface area contributed by atoms with Gasteiger partial charge in [0, 0.05) is 47.5 Å². The van der Waals surface area contributed by atoms with Gasteiger partial charge in [0.2, 0.25) is 0 Å². The number of benzene rings is 3. The maximum absolute atomic E-state index is 13.7. The monoisotopic (exact) mass is 509 g/mol. The summed E-state index contributed by atoms with van der Waals surface area (Å²) in [5, 5.41) is 17.3. The minimum atomic E-state index is -1.08. The van der Waals surface area contributed by atoms with Crippen LogP contribution in [0.1, 0.15) is 27.5 Å². The molecule has 0 fully saturated rings. The zero-order valence-corrected chi connectivity index (χ0v) is 20.1. The molecular weight excluding hydrogens is 490 g/mol. The molecule has 1 aliphatic rings. The van der Waals surface area contributed by atoms with E-state index in [9.17, 15) is 19.7 Å². The number of aromatic amines is 1. The number of aromatic nitrogens is 2. The number of nitro benzene ring substituents is 1. The summed E-state index contributed by atoms with van der Waals surface area (Å²) < 4.78 is 0. The number of hydrogen-bond donors (Lipinski definition) is 2. The fourth-order valence-electron chi connectivity index (χ4n) is 4.68. The number of nitrogens with one attached hydrogen (secondary N) is 2. The lowest BCUT2D eigenvalue weighted by atomic mass is 9.99. The molecule has 37 heavy (non-hydrogen) atoms. The van der Waals surface area contributed by atoms with E-state index in [4.69, 9.17) is 0 Å². The molecule has 0 spiro atoms. The van der Waals surface area contributed by atoms with Crippen LogP contribution >= 0.6 is 11.3 Å². The number of non-ortho nitro benzene ring substituents is 1. The molecule has 10 heteroatoms. The number of hydrogen-bond acceptors (Lipinski definition) is 6. The predicted molar refractivity (Wildman–Crippen MR) is 140 cm³/mol. The van der Waals surface area contributed by atoms with Gasteiger partial charge in [-0.25, -0.2) is 4.98 Å². The van der Waals surface area contributed by atoms with Gasteiger partial charge in [-0.1, -0.05) is 30.3 Å². The number of nitrogens with zero attached hydrogens (tertiary/aromatic N) is 3. The highest BCUT2D eigenvalue weighted by Crippen LogP contribution is 2.36. The van der Waals surface area contributed by atoms with E-state index in [1.165, 1.54) is 34.4 Å². The van der Waals surface area contributed by atoms with Gasteiger partial charge >= 0.3 is 0 Å². The molecule has 2 aromatic heterocycles. The van der Waals surface area contributed by atoms with Crippen LogP contribution in [0.4, 0.5) is 10.8 Å². The number of fused-ring (bicyclic) bond motifs is 2. The molecule has 0 unspecified atom stereocenters. The molecule has 6 rings (SSSR count). The van der Waals surface area contributed by atoms with E-state index in [0.29, 0.717) is 16.3 Å². The molecule has 0 bridgehead atoms. The summed E-state index contributed by atoms with van der Waals surface area (Å²) in [6.07, 6.45) is 3.44. The Morgan fingerprint density at radius 2 is 1.95 bits per heavy atom.